The van der Waals surface area contributed by atoms with Crippen molar-refractivity contribution in [3.8, 4) is 0 Å². The summed E-state index contributed by atoms with van der Waals surface area (Å²) in [5.74, 6) is 0.463. The van der Waals surface area contributed by atoms with E-state index in [9.17, 15) is 10.2 Å². The molecule has 0 aliphatic heterocycles. The molecule has 2 atom stereocenters. The Hall–Kier alpha value is -0.0700. The van der Waals surface area contributed by atoms with Gasteiger partial charge in [0.2, 0.25) is 5.28 Å². The van der Waals surface area contributed by atoms with Crippen LogP contribution < -0.4 is 0 Å². The van der Waals surface area contributed by atoms with Crippen molar-refractivity contribution in [2.75, 3.05) is 5.75 Å². The summed E-state index contributed by atoms with van der Waals surface area (Å²) >= 11 is 15.2. The minimum atomic E-state index is -1.12. The Morgan fingerprint density at radius 3 is 2.60 bits per heavy atom. The lowest BCUT2D eigenvalue weighted by molar-refractivity contribution is 0.0169. The summed E-state index contributed by atoms with van der Waals surface area (Å²) in [6.45, 7) is 0. The van der Waals surface area contributed by atoms with Crippen molar-refractivity contribution in [2.45, 2.75) is 18.6 Å². The molecule has 1 rings (SSSR count). The van der Waals surface area contributed by atoms with Gasteiger partial charge in [0.1, 0.15) is 11.3 Å². The standard InChI is InChI=1S/C8H10Cl2N2O2S/c9-7-4(3-11-8(10)12-7)6(14)5(13)1-2-15/h3,5-6,13-15H,1-2H2. The molecule has 0 saturated carbocycles. The van der Waals surface area contributed by atoms with E-state index in [2.05, 4.69) is 22.6 Å². The van der Waals surface area contributed by atoms with Gasteiger partial charge in [-0.05, 0) is 23.8 Å². The van der Waals surface area contributed by atoms with E-state index >= 15 is 0 Å². The molecule has 0 spiro atoms. The lowest BCUT2D eigenvalue weighted by Crippen LogP contribution is -2.19. The molecule has 7 heteroatoms. The first-order chi connectivity index (χ1) is 7.06. The number of nitrogens with zero attached hydrogens (tertiary/aromatic N) is 2. The van der Waals surface area contributed by atoms with Gasteiger partial charge in [0, 0.05) is 11.8 Å². The Balaban J connectivity index is 2.86. The molecule has 0 bridgehead atoms. The van der Waals surface area contributed by atoms with Crippen LogP contribution in [0.1, 0.15) is 18.1 Å². The second-order valence-electron chi connectivity index (χ2n) is 2.91. The highest BCUT2D eigenvalue weighted by Gasteiger charge is 2.21. The Morgan fingerprint density at radius 1 is 1.40 bits per heavy atom. The zero-order valence-corrected chi connectivity index (χ0v) is 10.0. The van der Waals surface area contributed by atoms with Gasteiger partial charge in [-0.1, -0.05) is 11.6 Å². The van der Waals surface area contributed by atoms with Gasteiger partial charge in [0.15, 0.2) is 0 Å². The van der Waals surface area contributed by atoms with Gasteiger partial charge in [-0.2, -0.15) is 12.6 Å². The SMILES string of the molecule is OC(CCS)C(O)c1cnc(Cl)nc1Cl. The van der Waals surface area contributed by atoms with E-state index in [1.807, 2.05) is 0 Å². The molecule has 15 heavy (non-hydrogen) atoms. The van der Waals surface area contributed by atoms with Gasteiger partial charge >= 0.3 is 0 Å². The van der Waals surface area contributed by atoms with Crippen molar-refractivity contribution in [1.29, 1.82) is 0 Å². The smallest absolute Gasteiger partial charge is 0.223 e. The maximum Gasteiger partial charge on any atom is 0.223 e. The predicted octanol–water partition coefficient (Wildman–Crippen LogP) is 1.50. The highest BCUT2D eigenvalue weighted by atomic mass is 35.5. The molecule has 4 nitrogen and oxygen atoms in total. The third-order valence-electron chi connectivity index (χ3n) is 1.85. The van der Waals surface area contributed by atoms with Crippen molar-refractivity contribution in [3.63, 3.8) is 0 Å². The van der Waals surface area contributed by atoms with Crippen LogP contribution in [0.5, 0.6) is 0 Å². The number of hydrogen-bond donors (Lipinski definition) is 3. The molecule has 1 heterocycles. The minimum absolute atomic E-state index is 0.000338. The van der Waals surface area contributed by atoms with Crippen molar-refractivity contribution >= 4 is 35.8 Å². The molecule has 0 radical (unpaired) electrons. The van der Waals surface area contributed by atoms with Gasteiger partial charge in [-0.3, -0.25) is 0 Å². The quantitative estimate of drug-likeness (QED) is 0.440. The average Bonchev–Trinajstić information content (AvgIpc) is 2.17. The van der Waals surface area contributed by atoms with Gasteiger partial charge in [-0.15, -0.1) is 0 Å². The fourth-order valence-electron chi connectivity index (χ4n) is 1.05. The van der Waals surface area contributed by atoms with E-state index in [0.717, 1.165) is 0 Å². The minimum Gasteiger partial charge on any atom is -0.390 e. The number of aliphatic hydroxyl groups excluding tert-OH is 2. The number of aliphatic hydroxyl groups is 2. The molecule has 0 aromatic carbocycles. The topological polar surface area (TPSA) is 66.2 Å². The number of rotatable bonds is 4. The van der Waals surface area contributed by atoms with Crippen molar-refractivity contribution < 1.29 is 10.2 Å². The summed E-state index contributed by atoms with van der Waals surface area (Å²) in [4.78, 5) is 7.35. The van der Waals surface area contributed by atoms with Crippen molar-refractivity contribution in [3.05, 3.63) is 22.2 Å². The first-order valence-electron chi connectivity index (χ1n) is 4.21. The van der Waals surface area contributed by atoms with E-state index in [0.29, 0.717) is 12.2 Å². The fourth-order valence-corrected chi connectivity index (χ4v) is 1.73. The average molecular weight is 269 g/mol. The van der Waals surface area contributed by atoms with Crippen LogP contribution in [-0.4, -0.2) is 32.0 Å². The summed E-state index contributed by atoms with van der Waals surface area (Å²) in [5.41, 5.74) is 0.260. The summed E-state index contributed by atoms with van der Waals surface area (Å²) in [5, 5.41) is 19.3. The molecule has 0 aliphatic carbocycles. The second kappa shape index (κ2) is 5.86. The molecule has 0 fully saturated rings. The van der Waals surface area contributed by atoms with Crippen LogP contribution in [0.2, 0.25) is 10.4 Å². The van der Waals surface area contributed by atoms with Crippen LogP contribution in [0, 0.1) is 0 Å². The Morgan fingerprint density at radius 2 is 2.07 bits per heavy atom. The van der Waals surface area contributed by atoms with Gasteiger partial charge in [0.05, 0.1) is 6.10 Å². The maximum absolute atomic E-state index is 9.70. The zero-order valence-electron chi connectivity index (χ0n) is 7.64. The molecule has 0 aliphatic rings. The molecule has 0 saturated heterocycles. The molecule has 2 unspecified atom stereocenters. The van der Waals surface area contributed by atoms with Crippen LogP contribution in [0.4, 0.5) is 0 Å². The highest BCUT2D eigenvalue weighted by Crippen LogP contribution is 2.25. The molecule has 1 aromatic rings. The van der Waals surface area contributed by atoms with E-state index in [4.69, 9.17) is 23.2 Å². The highest BCUT2D eigenvalue weighted by molar-refractivity contribution is 7.80. The number of halogens is 2. The summed E-state index contributed by atoms with van der Waals surface area (Å²) < 4.78 is 0. The summed E-state index contributed by atoms with van der Waals surface area (Å²) in [6.07, 6.45) is -0.417. The van der Waals surface area contributed by atoms with E-state index in [1.165, 1.54) is 6.20 Å². The molecule has 2 N–H and O–H groups in total. The largest absolute Gasteiger partial charge is 0.390 e. The van der Waals surface area contributed by atoms with E-state index < -0.39 is 12.2 Å². The van der Waals surface area contributed by atoms with E-state index in [-0.39, 0.29) is 16.0 Å². The number of aromatic nitrogens is 2. The van der Waals surface area contributed by atoms with Crippen LogP contribution in [0.15, 0.2) is 6.20 Å². The second-order valence-corrected chi connectivity index (χ2v) is 4.05. The Bertz CT molecular complexity index is 340. The predicted molar refractivity (Wildman–Crippen MR) is 61.5 cm³/mol. The van der Waals surface area contributed by atoms with Gasteiger partial charge < -0.3 is 10.2 Å². The summed E-state index contributed by atoms with van der Waals surface area (Å²) in [6, 6.07) is 0. The normalized spacial score (nSPS) is 15.0. The van der Waals surface area contributed by atoms with E-state index in [1.54, 1.807) is 0 Å². The van der Waals surface area contributed by atoms with Gasteiger partial charge in [0.25, 0.3) is 0 Å². The Kier molecular flexibility index (Phi) is 5.08. The first-order valence-corrected chi connectivity index (χ1v) is 5.60. The fraction of sp³-hybridized carbons (Fsp3) is 0.500. The van der Waals surface area contributed by atoms with Crippen molar-refractivity contribution in [1.82, 2.24) is 9.97 Å². The van der Waals surface area contributed by atoms with Crippen LogP contribution in [0.3, 0.4) is 0 Å². The third kappa shape index (κ3) is 3.46. The Labute approximate surface area is 103 Å². The third-order valence-corrected chi connectivity index (χ3v) is 2.59. The number of thiol groups is 1. The molecule has 0 amide bonds. The number of hydrogen-bond acceptors (Lipinski definition) is 5. The molecular weight excluding hydrogens is 259 g/mol. The lowest BCUT2D eigenvalue weighted by Gasteiger charge is -2.17. The molecule has 1 aromatic heterocycles. The first kappa shape index (κ1) is 13.0. The molecular formula is C8H10Cl2N2O2S. The zero-order chi connectivity index (χ0) is 11.4. The molecule has 84 valence electrons. The summed E-state index contributed by atoms with van der Waals surface area (Å²) in [7, 11) is 0. The van der Waals surface area contributed by atoms with Crippen LogP contribution >= 0.6 is 35.8 Å². The van der Waals surface area contributed by atoms with Crippen LogP contribution in [-0.2, 0) is 0 Å². The van der Waals surface area contributed by atoms with Crippen LogP contribution in [0.25, 0.3) is 0 Å². The van der Waals surface area contributed by atoms with Gasteiger partial charge in [-0.25, -0.2) is 9.97 Å². The lowest BCUT2D eigenvalue weighted by atomic mass is 10.1. The van der Waals surface area contributed by atoms with Crippen molar-refractivity contribution in [2.24, 2.45) is 0 Å². The maximum atomic E-state index is 9.70. The monoisotopic (exact) mass is 268 g/mol.